The fourth-order valence-corrected chi connectivity index (χ4v) is 5.30. The number of hydrogen-bond donors (Lipinski definition) is 1. The smallest absolute Gasteiger partial charge is 0.240 e. The molecule has 0 aromatic heterocycles. The minimum absolute atomic E-state index is 0.0569. The van der Waals surface area contributed by atoms with E-state index in [2.05, 4.69) is 29.0 Å². The molecular weight excluding hydrogens is 382 g/mol. The van der Waals surface area contributed by atoms with Gasteiger partial charge in [-0.3, -0.25) is 0 Å². The molecule has 1 aliphatic heterocycles. The molecule has 0 aliphatic carbocycles. The van der Waals surface area contributed by atoms with Crippen LogP contribution in [0.3, 0.4) is 0 Å². The third-order valence-corrected chi connectivity index (χ3v) is 6.92. The maximum Gasteiger partial charge on any atom is 0.240 e. The number of benzene rings is 3. The summed E-state index contributed by atoms with van der Waals surface area (Å²) in [4.78, 5) is 0.297. The van der Waals surface area contributed by atoms with Crippen LogP contribution in [0.25, 0.3) is 0 Å². The van der Waals surface area contributed by atoms with E-state index in [1.807, 2.05) is 42.5 Å². The second-order valence-corrected chi connectivity index (χ2v) is 9.08. The molecule has 3 aromatic carbocycles. The fraction of sp³-hybridized carbons (Fsp3) is 0.250. The van der Waals surface area contributed by atoms with Gasteiger partial charge in [0.25, 0.3) is 0 Å². The Hall–Kier alpha value is -2.47. The van der Waals surface area contributed by atoms with Crippen molar-refractivity contribution in [2.45, 2.75) is 35.8 Å². The van der Waals surface area contributed by atoms with E-state index in [-0.39, 0.29) is 18.1 Å². The molecule has 0 radical (unpaired) electrons. The highest BCUT2D eigenvalue weighted by molar-refractivity contribution is 7.89. The maximum atomic E-state index is 12.8. The zero-order valence-electron chi connectivity index (χ0n) is 16.1. The predicted octanol–water partition coefficient (Wildman–Crippen LogP) is 4.34. The van der Waals surface area contributed by atoms with E-state index in [1.165, 1.54) is 11.1 Å². The van der Waals surface area contributed by atoms with Crippen molar-refractivity contribution in [3.63, 3.8) is 0 Å². The molecule has 1 N–H and O–H groups in total. The van der Waals surface area contributed by atoms with Gasteiger partial charge in [0.1, 0.15) is 0 Å². The quantitative estimate of drug-likeness (QED) is 0.661. The molecular formula is C24H25NO3S. The molecule has 1 aliphatic rings. The van der Waals surface area contributed by atoms with E-state index in [1.54, 1.807) is 24.3 Å². The average molecular weight is 408 g/mol. The molecule has 4 nitrogen and oxygen atoms in total. The number of ether oxygens (including phenoxy) is 1. The molecule has 4 rings (SSSR count). The van der Waals surface area contributed by atoms with Gasteiger partial charge in [0, 0.05) is 18.6 Å². The van der Waals surface area contributed by atoms with Crippen molar-refractivity contribution in [1.29, 1.82) is 0 Å². The van der Waals surface area contributed by atoms with Crippen LogP contribution in [0.2, 0.25) is 0 Å². The van der Waals surface area contributed by atoms with E-state index < -0.39 is 10.0 Å². The summed E-state index contributed by atoms with van der Waals surface area (Å²) < 4.78 is 34.6. The van der Waals surface area contributed by atoms with E-state index in [0.29, 0.717) is 24.3 Å². The summed E-state index contributed by atoms with van der Waals surface area (Å²) in [5.41, 5.74) is 2.35. The Labute approximate surface area is 172 Å². The lowest BCUT2D eigenvalue weighted by Crippen LogP contribution is -2.43. The Balaban J connectivity index is 1.57. The first-order valence-corrected chi connectivity index (χ1v) is 11.4. The lowest BCUT2D eigenvalue weighted by molar-refractivity contribution is -0.00387. The molecule has 0 amide bonds. The number of rotatable bonds is 6. The Morgan fingerprint density at radius 1 is 0.793 bits per heavy atom. The molecule has 1 saturated heterocycles. The highest BCUT2D eigenvalue weighted by Crippen LogP contribution is 2.34. The summed E-state index contributed by atoms with van der Waals surface area (Å²) in [6.45, 7) is 0.531. The molecule has 3 aromatic rings. The van der Waals surface area contributed by atoms with Crippen molar-refractivity contribution in [2.24, 2.45) is 0 Å². The minimum Gasteiger partial charge on any atom is -0.377 e. The number of hydrogen-bond acceptors (Lipinski definition) is 3. The van der Waals surface area contributed by atoms with Crippen molar-refractivity contribution in [3.05, 3.63) is 102 Å². The summed E-state index contributed by atoms with van der Waals surface area (Å²) in [6, 6.07) is 28.9. The maximum absolute atomic E-state index is 12.8. The highest BCUT2D eigenvalue weighted by atomic mass is 32.2. The average Bonchev–Trinajstić information content (AvgIpc) is 2.76. The minimum atomic E-state index is -3.54. The fourth-order valence-electron chi connectivity index (χ4n) is 4.00. The number of nitrogens with one attached hydrogen (secondary N) is 1. The Morgan fingerprint density at radius 3 is 1.86 bits per heavy atom. The van der Waals surface area contributed by atoms with E-state index in [4.69, 9.17) is 4.74 Å². The monoisotopic (exact) mass is 407 g/mol. The van der Waals surface area contributed by atoms with Crippen LogP contribution < -0.4 is 4.72 Å². The van der Waals surface area contributed by atoms with Gasteiger partial charge in [-0.1, -0.05) is 78.9 Å². The summed E-state index contributed by atoms with van der Waals surface area (Å²) >= 11 is 0. The largest absolute Gasteiger partial charge is 0.377 e. The van der Waals surface area contributed by atoms with E-state index in [9.17, 15) is 8.42 Å². The van der Waals surface area contributed by atoms with Crippen LogP contribution >= 0.6 is 0 Å². The molecule has 1 fully saturated rings. The lowest BCUT2D eigenvalue weighted by Gasteiger charge is -2.35. The second kappa shape index (κ2) is 8.91. The first-order valence-electron chi connectivity index (χ1n) is 9.92. The van der Waals surface area contributed by atoms with E-state index in [0.717, 1.165) is 0 Å². The van der Waals surface area contributed by atoms with Crippen LogP contribution in [0.4, 0.5) is 0 Å². The molecule has 150 valence electrons. The zero-order chi connectivity index (χ0) is 20.1. The second-order valence-electron chi connectivity index (χ2n) is 7.36. The van der Waals surface area contributed by atoms with Gasteiger partial charge in [-0.2, -0.15) is 0 Å². The van der Waals surface area contributed by atoms with Crippen molar-refractivity contribution >= 4 is 10.0 Å². The van der Waals surface area contributed by atoms with Crippen molar-refractivity contribution in [3.8, 4) is 0 Å². The first-order chi connectivity index (χ1) is 14.1. The van der Waals surface area contributed by atoms with Crippen LogP contribution in [-0.2, 0) is 14.8 Å². The van der Waals surface area contributed by atoms with Gasteiger partial charge in [-0.05, 0) is 36.1 Å². The predicted molar refractivity (Wildman–Crippen MR) is 114 cm³/mol. The van der Waals surface area contributed by atoms with Gasteiger partial charge >= 0.3 is 0 Å². The van der Waals surface area contributed by atoms with Gasteiger partial charge < -0.3 is 4.74 Å². The Bertz CT molecular complexity index is 968. The number of sulfonamides is 1. The highest BCUT2D eigenvalue weighted by Gasteiger charge is 2.33. The lowest BCUT2D eigenvalue weighted by atomic mass is 9.83. The van der Waals surface area contributed by atoms with Crippen molar-refractivity contribution < 1.29 is 13.2 Å². The van der Waals surface area contributed by atoms with Crippen LogP contribution in [0.1, 0.15) is 29.9 Å². The van der Waals surface area contributed by atoms with Crippen LogP contribution in [0, 0.1) is 0 Å². The molecule has 29 heavy (non-hydrogen) atoms. The van der Waals surface area contributed by atoms with Crippen LogP contribution in [0.5, 0.6) is 0 Å². The zero-order valence-corrected chi connectivity index (χ0v) is 17.0. The molecule has 2 atom stereocenters. The standard InChI is InChI=1S/C24H25NO3S/c26-29(27,22-14-8-3-9-15-22)25-21-16-17-28-23(18-21)24(19-10-4-1-5-11-19)20-12-6-2-7-13-20/h1-15,21,23-25H,16-18H2. The van der Waals surface area contributed by atoms with Gasteiger partial charge in [-0.15, -0.1) is 0 Å². The molecule has 0 spiro atoms. The molecule has 0 bridgehead atoms. The van der Waals surface area contributed by atoms with Crippen LogP contribution in [-0.4, -0.2) is 27.2 Å². The van der Waals surface area contributed by atoms with Gasteiger partial charge in [-0.25, -0.2) is 13.1 Å². The summed E-state index contributed by atoms with van der Waals surface area (Å²) in [5.74, 6) is 0.0569. The van der Waals surface area contributed by atoms with Crippen molar-refractivity contribution in [2.75, 3.05) is 6.61 Å². The molecule has 0 saturated carbocycles. The third-order valence-electron chi connectivity index (χ3n) is 5.38. The summed E-state index contributed by atoms with van der Waals surface area (Å²) in [7, 11) is -3.54. The van der Waals surface area contributed by atoms with Gasteiger partial charge in [0.15, 0.2) is 0 Å². The Kier molecular flexibility index (Phi) is 6.09. The third kappa shape index (κ3) is 4.75. The molecule has 2 unspecified atom stereocenters. The topological polar surface area (TPSA) is 55.4 Å². The first kappa shape index (κ1) is 19.8. The van der Waals surface area contributed by atoms with Gasteiger partial charge in [0.05, 0.1) is 11.0 Å². The molecule has 5 heteroatoms. The molecule has 1 heterocycles. The van der Waals surface area contributed by atoms with E-state index >= 15 is 0 Å². The summed E-state index contributed by atoms with van der Waals surface area (Å²) in [5, 5.41) is 0. The Morgan fingerprint density at radius 2 is 1.31 bits per heavy atom. The van der Waals surface area contributed by atoms with Crippen molar-refractivity contribution in [1.82, 2.24) is 4.72 Å². The normalized spacial score (nSPS) is 19.9. The SMILES string of the molecule is O=S(=O)(NC1CCOC(C(c2ccccc2)c2ccccc2)C1)c1ccccc1. The summed E-state index contributed by atoms with van der Waals surface area (Å²) in [6.07, 6.45) is 1.19. The van der Waals surface area contributed by atoms with Crippen LogP contribution in [0.15, 0.2) is 95.9 Å². The van der Waals surface area contributed by atoms with Gasteiger partial charge in [0.2, 0.25) is 10.0 Å².